The lowest BCUT2D eigenvalue weighted by molar-refractivity contribution is -0.150. The van der Waals surface area contributed by atoms with E-state index in [0.29, 0.717) is 6.42 Å². The predicted octanol–water partition coefficient (Wildman–Crippen LogP) is 4.17. The molecule has 2 aromatic rings. The van der Waals surface area contributed by atoms with Gasteiger partial charge in [0.2, 0.25) is 0 Å². The minimum atomic E-state index is -4.00. The van der Waals surface area contributed by atoms with Gasteiger partial charge in [-0.3, -0.25) is 4.79 Å². The van der Waals surface area contributed by atoms with Gasteiger partial charge in [-0.05, 0) is 41.0 Å². The molecule has 0 radical (unpaired) electrons. The zero-order chi connectivity index (χ0) is 24.9. The second-order valence-corrected chi connectivity index (χ2v) is 8.72. The van der Waals surface area contributed by atoms with Gasteiger partial charge in [-0.1, -0.05) is 62.4 Å². The normalized spacial score (nSPS) is 13.7. The molecule has 2 amide bonds. The number of benzene rings is 2. The zero-order valence-electron chi connectivity index (χ0n) is 19.0. The molecule has 7 nitrogen and oxygen atoms in total. The van der Waals surface area contributed by atoms with Crippen molar-refractivity contribution in [1.29, 1.82) is 0 Å². The van der Waals surface area contributed by atoms with Crippen LogP contribution in [0.15, 0.2) is 48.5 Å². The molecule has 0 spiro atoms. The van der Waals surface area contributed by atoms with Crippen molar-refractivity contribution in [3.63, 3.8) is 0 Å². The van der Waals surface area contributed by atoms with Crippen LogP contribution in [0.4, 0.5) is 13.6 Å². The molecule has 1 atom stereocenters. The Morgan fingerprint density at radius 2 is 1.56 bits per heavy atom. The van der Waals surface area contributed by atoms with Crippen LogP contribution in [-0.4, -0.2) is 48.2 Å². The Morgan fingerprint density at radius 1 is 1.00 bits per heavy atom. The summed E-state index contributed by atoms with van der Waals surface area (Å²) in [5.74, 6) is -7.25. The van der Waals surface area contributed by atoms with Gasteiger partial charge in [0.05, 0.1) is 6.54 Å². The molecule has 3 N–H and O–H groups in total. The molecule has 0 aromatic heterocycles. The molecule has 1 aliphatic carbocycles. The summed E-state index contributed by atoms with van der Waals surface area (Å²) in [6.45, 7) is 2.33. The number of carboxylic acids is 1. The van der Waals surface area contributed by atoms with Crippen molar-refractivity contribution in [2.75, 3.05) is 13.2 Å². The van der Waals surface area contributed by atoms with E-state index in [9.17, 15) is 28.3 Å². The molecule has 182 valence electrons. The van der Waals surface area contributed by atoms with Gasteiger partial charge in [-0.25, -0.2) is 9.59 Å². The minimum Gasteiger partial charge on any atom is -0.480 e. The highest BCUT2D eigenvalue weighted by Gasteiger charge is 2.41. The molecule has 3 rings (SSSR count). The number of aliphatic carboxylic acids is 1. The van der Waals surface area contributed by atoms with Crippen LogP contribution in [0.3, 0.4) is 0 Å². The Labute approximate surface area is 196 Å². The Balaban J connectivity index is 1.54. The molecule has 0 saturated carbocycles. The third-order valence-electron chi connectivity index (χ3n) is 5.77. The average molecular weight is 475 g/mol. The van der Waals surface area contributed by atoms with Gasteiger partial charge in [0.25, 0.3) is 5.91 Å². The van der Waals surface area contributed by atoms with Gasteiger partial charge < -0.3 is 20.5 Å². The van der Waals surface area contributed by atoms with E-state index in [-0.39, 0.29) is 24.9 Å². The molecule has 0 heterocycles. The number of alkyl halides is 2. The maximum Gasteiger partial charge on any atom is 0.407 e. The third kappa shape index (κ3) is 5.89. The Kier molecular flexibility index (Phi) is 7.86. The first kappa shape index (κ1) is 25.1. The van der Waals surface area contributed by atoms with E-state index in [4.69, 9.17) is 4.74 Å². The average Bonchev–Trinajstić information content (AvgIpc) is 3.12. The van der Waals surface area contributed by atoms with Crippen LogP contribution in [-0.2, 0) is 14.3 Å². The van der Waals surface area contributed by atoms with Crippen LogP contribution in [0, 0.1) is 5.92 Å². The summed E-state index contributed by atoms with van der Waals surface area (Å²) in [7, 11) is 0. The first-order chi connectivity index (χ1) is 16.1. The van der Waals surface area contributed by atoms with E-state index in [1.165, 1.54) is 0 Å². The number of hydrogen-bond acceptors (Lipinski definition) is 4. The smallest absolute Gasteiger partial charge is 0.407 e. The number of carbonyl (C=O) groups excluding carboxylic acids is 2. The van der Waals surface area contributed by atoms with E-state index in [2.05, 4.69) is 0 Å². The largest absolute Gasteiger partial charge is 0.480 e. The van der Waals surface area contributed by atoms with Crippen molar-refractivity contribution in [3.8, 4) is 11.1 Å². The molecule has 2 aromatic carbocycles. The second kappa shape index (κ2) is 10.6. The summed E-state index contributed by atoms with van der Waals surface area (Å²) in [6, 6.07) is 13.9. The van der Waals surface area contributed by atoms with Crippen LogP contribution in [0.2, 0.25) is 0 Å². The fraction of sp³-hybridized carbons (Fsp3) is 0.400. The number of hydrogen-bond donors (Lipinski definition) is 3. The van der Waals surface area contributed by atoms with Crippen LogP contribution >= 0.6 is 0 Å². The van der Waals surface area contributed by atoms with Crippen LogP contribution in [0.5, 0.6) is 0 Å². The molecule has 0 fully saturated rings. The van der Waals surface area contributed by atoms with Gasteiger partial charge in [-0.2, -0.15) is 8.78 Å². The first-order valence-electron chi connectivity index (χ1n) is 11.1. The Bertz CT molecular complexity index is 1010. The SMILES string of the molecule is CC(C)CCC(NC(=O)C(F)(F)CNC(=O)OCC1c2ccccc2-c2ccccc21)C(=O)O. The summed E-state index contributed by atoms with van der Waals surface area (Å²) < 4.78 is 33.7. The first-order valence-corrected chi connectivity index (χ1v) is 11.1. The summed E-state index contributed by atoms with van der Waals surface area (Å²) in [6.07, 6.45) is -0.626. The number of fused-ring (bicyclic) bond motifs is 3. The highest BCUT2D eigenvalue weighted by Crippen LogP contribution is 2.44. The molecular weight excluding hydrogens is 446 g/mol. The molecule has 1 aliphatic rings. The highest BCUT2D eigenvalue weighted by atomic mass is 19.3. The monoisotopic (exact) mass is 474 g/mol. The molecule has 1 unspecified atom stereocenters. The second-order valence-electron chi connectivity index (χ2n) is 8.72. The number of halogens is 2. The number of rotatable bonds is 10. The maximum atomic E-state index is 14.3. The maximum absolute atomic E-state index is 14.3. The van der Waals surface area contributed by atoms with Crippen LogP contribution in [0.25, 0.3) is 11.1 Å². The van der Waals surface area contributed by atoms with Gasteiger partial charge >= 0.3 is 18.0 Å². The van der Waals surface area contributed by atoms with Crippen LogP contribution < -0.4 is 10.6 Å². The van der Waals surface area contributed by atoms with Gasteiger partial charge in [0.15, 0.2) is 0 Å². The van der Waals surface area contributed by atoms with Crippen molar-refractivity contribution >= 4 is 18.0 Å². The molecule has 0 bridgehead atoms. The zero-order valence-corrected chi connectivity index (χ0v) is 19.0. The summed E-state index contributed by atoms with van der Waals surface area (Å²) in [4.78, 5) is 35.3. The van der Waals surface area contributed by atoms with Crippen molar-refractivity contribution in [3.05, 3.63) is 59.7 Å². The van der Waals surface area contributed by atoms with E-state index < -0.39 is 36.5 Å². The van der Waals surface area contributed by atoms with E-state index in [1.54, 1.807) is 0 Å². The van der Waals surface area contributed by atoms with Gasteiger partial charge in [0.1, 0.15) is 12.6 Å². The summed E-state index contributed by atoms with van der Waals surface area (Å²) in [5, 5.41) is 12.9. The molecule has 34 heavy (non-hydrogen) atoms. The van der Waals surface area contributed by atoms with Crippen molar-refractivity contribution in [2.24, 2.45) is 5.92 Å². The molecule has 0 aliphatic heterocycles. The van der Waals surface area contributed by atoms with E-state index >= 15 is 0 Å². The molecule has 0 saturated heterocycles. The summed E-state index contributed by atoms with van der Waals surface area (Å²) in [5.41, 5.74) is 4.01. The number of amides is 2. The number of carboxylic acid groups (broad SMARTS) is 1. The summed E-state index contributed by atoms with van der Waals surface area (Å²) >= 11 is 0. The number of nitrogens with one attached hydrogen (secondary N) is 2. The van der Waals surface area contributed by atoms with Crippen LogP contribution in [0.1, 0.15) is 43.7 Å². The van der Waals surface area contributed by atoms with Crippen molar-refractivity contribution < 1.29 is 33.0 Å². The molecular formula is C25H28F2N2O5. The number of alkyl carbamates (subject to hydrolysis) is 1. The lowest BCUT2D eigenvalue weighted by Gasteiger charge is -2.21. The fourth-order valence-electron chi connectivity index (χ4n) is 3.93. The topological polar surface area (TPSA) is 105 Å². The number of carbonyl (C=O) groups is 3. The van der Waals surface area contributed by atoms with Crippen molar-refractivity contribution in [2.45, 2.75) is 44.6 Å². The fourth-order valence-corrected chi connectivity index (χ4v) is 3.93. The quantitative estimate of drug-likeness (QED) is 0.480. The molecule has 9 heteroatoms. The predicted molar refractivity (Wildman–Crippen MR) is 122 cm³/mol. The third-order valence-corrected chi connectivity index (χ3v) is 5.77. The van der Waals surface area contributed by atoms with Crippen molar-refractivity contribution in [1.82, 2.24) is 10.6 Å². The van der Waals surface area contributed by atoms with E-state index in [1.807, 2.05) is 73.0 Å². The minimum absolute atomic E-state index is 0.0224. The van der Waals surface area contributed by atoms with Gasteiger partial charge in [-0.15, -0.1) is 0 Å². The number of ether oxygens (including phenoxy) is 1. The Hall–Kier alpha value is -3.49. The van der Waals surface area contributed by atoms with E-state index in [0.717, 1.165) is 22.3 Å². The Morgan fingerprint density at radius 3 is 2.09 bits per heavy atom. The standard InChI is InChI=1S/C25H28F2N2O5/c1-15(2)11-12-21(22(30)31)29-23(32)25(26,27)14-28-24(33)34-13-20-18-9-5-3-7-16(18)17-8-4-6-10-19(17)20/h3-10,15,20-21H,11-14H2,1-2H3,(H,28,33)(H,29,32)(H,30,31). The van der Waals surface area contributed by atoms with Gasteiger partial charge in [0, 0.05) is 5.92 Å². The highest BCUT2D eigenvalue weighted by molar-refractivity contribution is 5.88. The lowest BCUT2D eigenvalue weighted by Crippen LogP contribution is -2.52. The lowest BCUT2D eigenvalue weighted by atomic mass is 9.98.